The van der Waals surface area contributed by atoms with Crippen LogP contribution in [0.2, 0.25) is 0 Å². The van der Waals surface area contributed by atoms with Gasteiger partial charge in [0, 0.05) is 5.39 Å². The predicted molar refractivity (Wildman–Crippen MR) is 61.2 cm³/mol. The number of benzene rings is 1. The van der Waals surface area contributed by atoms with Crippen molar-refractivity contribution in [3.05, 3.63) is 36.0 Å². The second-order valence-electron chi connectivity index (χ2n) is 3.50. The monoisotopic (exact) mass is 216 g/mol. The number of primary amides is 1. The number of pyridine rings is 1. The summed E-state index contributed by atoms with van der Waals surface area (Å²) in [4.78, 5) is 15.1. The SMILES string of the molecule is COc1ccc2nc(CC(N)=O)ccc2c1. The van der Waals surface area contributed by atoms with Crippen LogP contribution >= 0.6 is 0 Å². The van der Waals surface area contributed by atoms with Crippen LogP contribution in [0.15, 0.2) is 30.3 Å². The number of rotatable bonds is 3. The number of nitrogens with zero attached hydrogens (tertiary/aromatic N) is 1. The molecule has 0 atom stereocenters. The summed E-state index contributed by atoms with van der Waals surface area (Å²) in [6.07, 6.45) is 0.169. The number of hydrogen-bond donors (Lipinski definition) is 1. The van der Waals surface area contributed by atoms with Gasteiger partial charge in [-0.05, 0) is 24.3 Å². The van der Waals surface area contributed by atoms with Gasteiger partial charge in [0.15, 0.2) is 0 Å². The van der Waals surface area contributed by atoms with Crippen LogP contribution in [0.25, 0.3) is 10.9 Å². The molecule has 1 amide bonds. The van der Waals surface area contributed by atoms with Crippen LogP contribution in [-0.2, 0) is 11.2 Å². The summed E-state index contributed by atoms with van der Waals surface area (Å²) < 4.78 is 5.12. The molecule has 0 aliphatic rings. The van der Waals surface area contributed by atoms with Crippen LogP contribution in [0.5, 0.6) is 5.75 Å². The molecule has 1 aromatic carbocycles. The highest BCUT2D eigenvalue weighted by Gasteiger charge is 2.02. The molecule has 0 bridgehead atoms. The lowest BCUT2D eigenvalue weighted by atomic mass is 10.1. The van der Waals surface area contributed by atoms with Crippen molar-refractivity contribution in [2.24, 2.45) is 5.73 Å². The van der Waals surface area contributed by atoms with Gasteiger partial charge >= 0.3 is 0 Å². The van der Waals surface area contributed by atoms with Crippen molar-refractivity contribution in [1.29, 1.82) is 0 Å². The zero-order valence-electron chi connectivity index (χ0n) is 8.93. The summed E-state index contributed by atoms with van der Waals surface area (Å²) in [7, 11) is 1.62. The van der Waals surface area contributed by atoms with Crippen LogP contribution in [0.3, 0.4) is 0 Å². The van der Waals surface area contributed by atoms with Crippen LogP contribution in [0.1, 0.15) is 5.69 Å². The average Bonchev–Trinajstić information content (AvgIpc) is 2.27. The van der Waals surface area contributed by atoms with E-state index in [0.29, 0.717) is 5.69 Å². The molecule has 2 aromatic rings. The van der Waals surface area contributed by atoms with Crippen LogP contribution in [0.4, 0.5) is 0 Å². The third-order valence-electron chi connectivity index (χ3n) is 2.31. The first-order valence-electron chi connectivity index (χ1n) is 4.91. The van der Waals surface area contributed by atoms with Gasteiger partial charge in [-0.3, -0.25) is 9.78 Å². The molecule has 82 valence electrons. The lowest BCUT2D eigenvalue weighted by Crippen LogP contribution is -2.14. The van der Waals surface area contributed by atoms with Crippen molar-refractivity contribution in [1.82, 2.24) is 4.98 Å². The summed E-state index contributed by atoms with van der Waals surface area (Å²) in [5, 5.41) is 0.979. The van der Waals surface area contributed by atoms with Crippen molar-refractivity contribution in [2.45, 2.75) is 6.42 Å². The molecule has 16 heavy (non-hydrogen) atoms. The molecule has 1 heterocycles. The zero-order valence-corrected chi connectivity index (χ0v) is 8.93. The van der Waals surface area contributed by atoms with E-state index in [0.717, 1.165) is 16.7 Å². The van der Waals surface area contributed by atoms with Crippen LogP contribution < -0.4 is 10.5 Å². The van der Waals surface area contributed by atoms with Gasteiger partial charge < -0.3 is 10.5 Å². The van der Waals surface area contributed by atoms with E-state index in [4.69, 9.17) is 10.5 Å². The fraction of sp³-hybridized carbons (Fsp3) is 0.167. The highest BCUT2D eigenvalue weighted by molar-refractivity contribution is 5.82. The topological polar surface area (TPSA) is 65.2 Å². The van der Waals surface area contributed by atoms with Gasteiger partial charge in [-0.2, -0.15) is 0 Å². The first-order valence-corrected chi connectivity index (χ1v) is 4.91. The Bertz CT molecular complexity index is 538. The largest absolute Gasteiger partial charge is 0.497 e. The van der Waals surface area contributed by atoms with E-state index < -0.39 is 0 Å². The molecule has 0 spiro atoms. The van der Waals surface area contributed by atoms with Crippen LogP contribution in [-0.4, -0.2) is 18.0 Å². The molecule has 2 N–H and O–H groups in total. The molecule has 0 saturated heterocycles. The van der Waals surface area contributed by atoms with Crippen molar-refractivity contribution in [3.8, 4) is 5.75 Å². The van der Waals surface area contributed by atoms with Crippen LogP contribution in [0, 0.1) is 0 Å². The van der Waals surface area contributed by atoms with Gasteiger partial charge in [0.05, 0.1) is 24.7 Å². The number of amides is 1. The number of fused-ring (bicyclic) bond motifs is 1. The summed E-state index contributed by atoms with van der Waals surface area (Å²) in [6, 6.07) is 9.30. The summed E-state index contributed by atoms with van der Waals surface area (Å²) in [6.45, 7) is 0. The van der Waals surface area contributed by atoms with Gasteiger partial charge in [-0.1, -0.05) is 6.07 Å². The number of methoxy groups -OCH3 is 1. The Balaban J connectivity index is 2.43. The number of ether oxygens (including phenoxy) is 1. The van der Waals surface area contributed by atoms with Crippen molar-refractivity contribution < 1.29 is 9.53 Å². The molecule has 0 aliphatic carbocycles. The van der Waals surface area contributed by atoms with E-state index in [1.807, 2.05) is 24.3 Å². The fourth-order valence-electron chi connectivity index (χ4n) is 1.55. The molecule has 0 saturated carbocycles. The van der Waals surface area contributed by atoms with Gasteiger partial charge in [0.2, 0.25) is 5.91 Å². The molecule has 4 heteroatoms. The van der Waals surface area contributed by atoms with Gasteiger partial charge in [-0.15, -0.1) is 0 Å². The normalized spacial score (nSPS) is 10.3. The molecular weight excluding hydrogens is 204 g/mol. The highest BCUT2D eigenvalue weighted by Crippen LogP contribution is 2.19. The average molecular weight is 216 g/mol. The number of carbonyl (C=O) groups excluding carboxylic acids is 1. The lowest BCUT2D eigenvalue weighted by molar-refractivity contribution is -0.117. The number of hydrogen-bond acceptors (Lipinski definition) is 3. The number of aromatic nitrogens is 1. The Hall–Kier alpha value is -2.10. The Morgan fingerprint density at radius 1 is 1.38 bits per heavy atom. The van der Waals surface area contributed by atoms with E-state index in [1.165, 1.54) is 0 Å². The molecule has 0 radical (unpaired) electrons. The minimum Gasteiger partial charge on any atom is -0.497 e. The number of carbonyl (C=O) groups is 1. The van der Waals surface area contributed by atoms with Crippen molar-refractivity contribution in [3.63, 3.8) is 0 Å². The Labute approximate surface area is 93.0 Å². The zero-order chi connectivity index (χ0) is 11.5. The Morgan fingerprint density at radius 3 is 2.88 bits per heavy atom. The molecule has 1 aromatic heterocycles. The maximum absolute atomic E-state index is 10.8. The quantitative estimate of drug-likeness (QED) is 0.840. The maximum atomic E-state index is 10.8. The minimum atomic E-state index is -0.375. The summed E-state index contributed by atoms with van der Waals surface area (Å²) in [5.74, 6) is 0.414. The van der Waals surface area contributed by atoms with E-state index in [2.05, 4.69) is 4.98 Å². The predicted octanol–water partition coefficient (Wildman–Crippen LogP) is 1.27. The molecule has 4 nitrogen and oxygen atoms in total. The molecular formula is C12H12N2O2. The Morgan fingerprint density at radius 2 is 2.19 bits per heavy atom. The van der Waals surface area contributed by atoms with E-state index in [1.54, 1.807) is 13.2 Å². The van der Waals surface area contributed by atoms with Gasteiger partial charge in [0.25, 0.3) is 0 Å². The van der Waals surface area contributed by atoms with Crippen molar-refractivity contribution in [2.75, 3.05) is 7.11 Å². The smallest absolute Gasteiger partial charge is 0.223 e. The summed E-state index contributed by atoms with van der Waals surface area (Å²) in [5.41, 5.74) is 6.63. The van der Waals surface area contributed by atoms with E-state index in [9.17, 15) is 4.79 Å². The first kappa shape index (κ1) is 10.4. The fourth-order valence-corrected chi connectivity index (χ4v) is 1.55. The molecule has 0 unspecified atom stereocenters. The summed E-state index contributed by atoms with van der Waals surface area (Å²) >= 11 is 0. The van der Waals surface area contributed by atoms with Gasteiger partial charge in [-0.25, -0.2) is 0 Å². The number of nitrogens with two attached hydrogens (primary N) is 1. The maximum Gasteiger partial charge on any atom is 0.223 e. The first-order chi connectivity index (χ1) is 7.69. The highest BCUT2D eigenvalue weighted by atomic mass is 16.5. The van der Waals surface area contributed by atoms with E-state index >= 15 is 0 Å². The minimum absolute atomic E-state index is 0.169. The standard InChI is InChI=1S/C12H12N2O2/c1-16-10-4-5-11-8(6-10)2-3-9(14-11)7-12(13)15/h2-6H,7H2,1H3,(H2,13,15). The molecule has 0 fully saturated rings. The lowest BCUT2D eigenvalue weighted by Gasteiger charge is -2.03. The van der Waals surface area contributed by atoms with Crippen molar-refractivity contribution >= 4 is 16.8 Å². The second kappa shape index (κ2) is 4.18. The third-order valence-corrected chi connectivity index (χ3v) is 2.31. The van der Waals surface area contributed by atoms with Gasteiger partial charge in [0.1, 0.15) is 5.75 Å². The third kappa shape index (κ3) is 2.11. The molecule has 0 aliphatic heterocycles. The Kier molecular flexibility index (Phi) is 2.72. The molecule has 2 rings (SSSR count). The van der Waals surface area contributed by atoms with E-state index in [-0.39, 0.29) is 12.3 Å². The second-order valence-corrected chi connectivity index (χ2v) is 3.50.